The summed E-state index contributed by atoms with van der Waals surface area (Å²) in [4.78, 5) is 38.6. The molecule has 0 radical (unpaired) electrons. The van der Waals surface area contributed by atoms with E-state index in [1.807, 2.05) is 11.8 Å². The molecule has 1 fully saturated rings. The van der Waals surface area contributed by atoms with Crippen LogP contribution in [0.2, 0.25) is 5.02 Å². The van der Waals surface area contributed by atoms with Crippen molar-refractivity contribution in [3.05, 3.63) is 34.3 Å². The molecule has 0 bridgehead atoms. The largest absolute Gasteiger partial charge is 0.453 e. The van der Waals surface area contributed by atoms with Crippen molar-refractivity contribution in [2.75, 3.05) is 7.11 Å². The quantitative estimate of drug-likeness (QED) is 0.437. The average molecular weight is 507 g/mol. The van der Waals surface area contributed by atoms with Gasteiger partial charge < -0.3 is 19.2 Å². The standard InChI is InChI=1S/C23H30ClF3N2O5/c1-5-18-11-20(12-19(6-7-30)29(18)22(2,3)34-14-31)28(21(32)33-4)13-15-8-16(23(25,26)27)10-17(24)9-15/h7-10,14,18-20H,5-6,11-13H2,1-4H3. The van der Waals surface area contributed by atoms with E-state index in [0.29, 0.717) is 25.7 Å². The fourth-order valence-electron chi connectivity index (χ4n) is 4.81. The number of aldehydes is 1. The van der Waals surface area contributed by atoms with Crippen molar-refractivity contribution >= 4 is 30.5 Å². The Labute approximate surface area is 202 Å². The predicted molar refractivity (Wildman–Crippen MR) is 119 cm³/mol. The second-order valence-electron chi connectivity index (χ2n) is 8.76. The van der Waals surface area contributed by atoms with Crippen LogP contribution in [0.1, 0.15) is 57.6 Å². The number of ether oxygens (including phenoxy) is 2. The van der Waals surface area contributed by atoms with Crippen LogP contribution in [0.4, 0.5) is 18.0 Å². The number of rotatable bonds is 9. The van der Waals surface area contributed by atoms with Crippen LogP contribution in [0, 0.1) is 0 Å². The molecule has 1 aromatic carbocycles. The van der Waals surface area contributed by atoms with Crippen molar-refractivity contribution in [1.29, 1.82) is 0 Å². The van der Waals surface area contributed by atoms with E-state index in [-0.39, 0.29) is 35.6 Å². The van der Waals surface area contributed by atoms with Crippen LogP contribution in [-0.2, 0) is 31.8 Å². The minimum atomic E-state index is -4.59. The number of alkyl halides is 3. The SMILES string of the molecule is CCC1CC(N(Cc2cc(Cl)cc(C(F)(F)F)c2)C(=O)OC)CC(CC=O)N1C(C)(C)OC=O. The lowest BCUT2D eigenvalue weighted by molar-refractivity contribution is -0.183. The highest BCUT2D eigenvalue weighted by Crippen LogP contribution is 2.37. The van der Waals surface area contributed by atoms with Gasteiger partial charge in [0, 0.05) is 36.1 Å². The lowest BCUT2D eigenvalue weighted by Gasteiger charge is -2.52. The Balaban J connectivity index is 2.42. The Kier molecular flexibility index (Phi) is 9.36. The number of nitrogens with zero attached hydrogens (tertiary/aromatic N) is 2. The number of piperidine rings is 1. The fraction of sp³-hybridized carbons (Fsp3) is 0.609. The number of halogens is 4. The Morgan fingerprint density at radius 3 is 2.38 bits per heavy atom. The van der Waals surface area contributed by atoms with Gasteiger partial charge in [0.2, 0.25) is 0 Å². The highest BCUT2D eigenvalue weighted by Gasteiger charge is 2.45. The minimum Gasteiger partial charge on any atom is -0.453 e. The normalized spacial score (nSPS) is 21.6. The molecule has 3 atom stereocenters. The first-order valence-corrected chi connectivity index (χ1v) is 11.3. The summed E-state index contributed by atoms with van der Waals surface area (Å²) in [5.41, 5.74) is -1.70. The van der Waals surface area contributed by atoms with Gasteiger partial charge in [0.1, 0.15) is 6.29 Å². The van der Waals surface area contributed by atoms with E-state index >= 15 is 0 Å². The first kappa shape index (κ1) is 27.9. The Morgan fingerprint density at radius 1 is 1.21 bits per heavy atom. The highest BCUT2D eigenvalue weighted by atomic mass is 35.5. The molecule has 0 aromatic heterocycles. The van der Waals surface area contributed by atoms with E-state index in [9.17, 15) is 27.6 Å². The summed E-state index contributed by atoms with van der Waals surface area (Å²) in [7, 11) is 1.20. The summed E-state index contributed by atoms with van der Waals surface area (Å²) in [6, 6.07) is 2.19. The zero-order valence-electron chi connectivity index (χ0n) is 19.6. The van der Waals surface area contributed by atoms with E-state index in [0.717, 1.165) is 18.4 Å². The van der Waals surface area contributed by atoms with Gasteiger partial charge in [-0.2, -0.15) is 13.2 Å². The number of hydrogen-bond acceptors (Lipinski definition) is 6. The molecule has 1 saturated heterocycles. The van der Waals surface area contributed by atoms with Gasteiger partial charge in [-0.1, -0.05) is 18.5 Å². The van der Waals surface area contributed by atoms with E-state index < -0.39 is 29.6 Å². The maximum Gasteiger partial charge on any atom is 0.416 e. The topological polar surface area (TPSA) is 76.2 Å². The molecule has 0 spiro atoms. The van der Waals surface area contributed by atoms with E-state index in [4.69, 9.17) is 21.1 Å². The number of methoxy groups -OCH3 is 1. The van der Waals surface area contributed by atoms with Crippen LogP contribution < -0.4 is 0 Å². The molecule has 0 saturated carbocycles. The molecule has 1 heterocycles. The van der Waals surface area contributed by atoms with Crippen molar-refractivity contribution in [3.63, 3.8) is 0 Å². The molecule has 0 N–H and O–H groups in total. The van der Waals surface area contributed by atoms with Gasteiger partial charge in [-0.25, -0.2) is 4.79 Å². The van der Waals surface area contributed by atoms with Crippen LogP contribution in [0.5, 0.6) is 0 Å². The van der Waals surface area contributed by atoms with Crippen molar-refractivity contribution < 1.29 is 37.0 Å². The lowest BCUT2D eigenvalue weighted by atomic mass is 9.85. The zero-order valence-corrected chi connectivity index (χ0v) is 20.4. The highest BCUT2D eigenvalue weighted by molar-refractivity contribution is 6.30. The van der Waals surface area contributed by atoms with Crippen LogP contribution in [0.15, 0.2) is 18.2 Å². The summed E-state index contributed by atoms with van der Waals surface area (Å²) in [6.45, 7) is 5.59. The smallest absolute Gasteiger partial charge is 0.416 e. The average Bonchev–Trinajstić information content (AvgIpc) is 2.75. The molecular formula is C23H30ClF3N2O5. The third-order valence-corrected chi connectivity index (χ3v) is 6.38. The monoisotopic (exact) mass is 506 g/mol. The van der Waals surface area contributed by atoms with Crippen molar-refractivity contribution in [3.8, 4) is 0 Å². The molecule has 1 amide bonds. The summed E-state index contributed by atoms with van der Waals surface area (Å²) in [5, 5.41) is -0.0949. The number of benzene rings is 1. The van der Waals surface area contributed by atoms with Crippen LogP contribution >= 0.6 is 11.6 Å². The number of carbonyl (C=O) groups excluding carboxylic acids is 3. The van der Waals surface area contributed by atoms with Crippen LogP contribution in [0.25, 0.3) is 0 Å². The van der Waals surface area contributed by atoms with Gasteiger partial charge in [-0.05, 0) is 56.9 Å². The molecule has 7 nitrogen and oxygen atoms in total. The van der Waals surface area contributed by atoms with Gasteiger partial charge in [0.05, 0.1) is 12.7 Å². The van der Waals surface area contributed by atoms with Crippen molar-refractivity contribution in [1.82, 2.24) is 9.80 Å². The molecule has 3 unspecified atom stereocenters. The Bertz CT molecular complexity index is 881. The number of hydrogen-bond donors (Lipinski definition) is 0. The van der Waals surface area contributed by atoms with E-state index in [2.05, 4.69) is 0 Å². The molecule has 2 rings (SSSR count). The Hall–Kier alpha value is -2.33. The molecule has 0 aliphatic carbocycles. The second kappa shape index (κ2) is 11.4. The van der Waals surface area contributed by atoms with Gasteiger partial charge in [0.15, 0.2) is 5.72 Å². The number of amides is 1. The maximum absolute atomic E-state index is 13.3. The van der Waals surface area contributed by atoms with E-state index in [1.54, 1.807) is 13.8 Å². The summed E-state index contributed by atoms with van der Waals surface area (Å²) >= 11 is 5.93. The molecule has 190 valence electrons. The first-order valence-electron chi connectivity index (χ1n) is 10.9. The third-order valence-electron chi connectivity index (χ3n) is 6.16. The van der Waals surface area contributed by atoms with Gasteiger partial charge in [-0.3, -0.25) is 9.69 Å². The van der Waals surface area contributed by atoms with Crippen LogP contribution in [0.3, 0.4) is 0 Å². The number of likely N-dealkylation sites (tertiary alicyclic amines) is 1. The zero-order chi connectivity index (χ0) is 25.7. The van der Waals surface area contributed by atoms with Gasteiger partial charge in [-0.15, -0.1) is 0 Å². The number of carbonyl (C=O) groups is 3. The molecule has 34 heavy (non-hydrogen) atoms. The van der Waals surface area contributed by atoms with Crippen LogP contribution in [-0.4, -0.2) is 59.6 Å². The third kappa shape index (κ3) is 6.63. The minimum absolute atomic E-state index is 0.0949. The molecule has 1 aliphatic rings. The lowest BCUT2D eigenvalue weighted by Crippen LogP contribution is -2.62. The second-order valence-corrected chi connectivity index (χ2v) is 9.19. The summed E-state index contributed by atoms with van der Waals surface area (Å²) in [5.74, 6) is 0. The maximum atomic E-state index is 13.3. The molecule has 11 heteroatoms. The summed E-state index contributed by atoms with van der Waals surface area (Å²) < 4.78 is 50.1. The predicted octanol–water partition coefficient (Wildman–Crippen LogP) is 5.04. The first-order chi connectivity index (χ1) is 15.9. The van der Waals surface area contributed by atoms with Crippen molar-refractivity contribution in [2.24, 2.45) is 0 Å². The van der Waals surface area contributed by atoms with Gasteiger partial charge >= 0.3 is 12.3 Å². The molecule has 1 aliphatic heterocycles. The Morgan fingerprint density at radius 2 is 1.85 bits per heavy atom. The van der Waals surface area contributed by atoms with E-state index in [1.165, 1.54) is 18.1 Å². The summed E-state index contributed by atoms with van der Waals surface area (Å²) in [6.07, 6.45) is -2.99. The molecule has 1 aromatic rings. The van der Waals surface area contributed by atoms with Crippen molar-refractivity contribution in [2.45, 2.75) is 83.0 Å². The van der Waals surface area contributed by atoms with Gasteiger partial charge in [0.25, 0.3) is 6.47 Å². The molecular weight excluding hydrogens is 477 g/mol. The fourth-order valence-corrected chi connectivity index (χ4v) is 5.07.